The number of anilines is 1. The van der Waals surface area contributed by atoms with E-state index in [0.29, 0.717) is 11.0 Å². The quantitative estimate of drug-likeness (QED) is 0.305. The number of amides is 2. The normalized spacial score (nSPS) is 11.6. The maximum absolute atomic E-state index is 12.7. The summed E-state index contributed by atoms with van der Waals surface area (Å²) in [5.41, 5.74) is 5.28. The fourth-order valence-electron chi connectivity index (χ4n) is 3.64. The number of oxazole rings is 1. The number of carbonyl (C=O) groups excluding carboxylic acids is 2. The number of thioether (sulfide) groups is 1. The minimum atomic E-state index is -0.506. The summed E-state index contributed by atoms with van der Waals surface area (Å²) < 4.78 is 6.10. The Labute approximate surface area is 209 Å². The minimum absolute atomic E-state index is 0.117. The first kappa shape index (κ1) is 24.3. The van der Waals surface area contributed by atoms with Crippen LogP contribution in [0, 0.1) is 13.8 Å². The molecule has 0 saturated heterocycles. The van der Waals surface area contributed by atoms with Gasteiger partial charge in [-0.25, -0.2) is 4.98 Å². The Morgan fingerprint density at radius 3 is 2.11 bits per heavy atom. The van der Waals surface area contributed by atoms with E-state index in [2.05, 4.69) is 15.6 Å². The van der Waals surface area contributed by atoms with Crippen LogP contribution >= 0.6 is 11.8 Å². The first-order chi connectivity index (χ1) is 16.9. The van der Waals surface area contributed by atoms with Gasteiger partial charge in [0, 0.05) is 16.8 Å². The second-order valence-corrected chi connectivity index (χ2v) is 9.47. The van der Waals surface area contributed by atoms with Gasteiger partial charge in [-0.05, 0) is 31.9 Å². The molecule has 0 aliphatic rings. The van der Waals surface area contributed by atoms with Gasteiger partial charge in [0.05, 0.1) is 11.8 Å². The van der Waals surface area contributed by atoms with Gasteiger partial charge in [-0.1, -0.05) is 90.6 Å². The Morgan fingerprint density at radius 2 is 1.49 bits per heavy atom. The van der Waals surface area contributed by atoms with Gasteiger partial charge in [0.25, 0.3) is 5.22 Å². The van der Waals surface area contributed by atoms with Crippen molar-refractivity contribution in [1.82, 2.24) is 10.3 Å². The highest BCUT2D eigenvalue weighted by atomic mass is 32.2. The lowest BCUT2D eigenvalue weighted by atomic mass is 10.1. The van der Waals surface area contributed by atoms with Crippen LogP contribution in [0.25, 0.3) is 22.6 Å². The Kier molecular flexibility index (Phi) is 7.67. The molecular weight excluding hydrogens is 458 g/mol. The van der Waals surface area contributed by atoms with Crippen molar-refractivity contribution in [3.05, 3.63) is 90.0 Å². The fourth-order valence-corrected chi connectivity index (χ4v) is 4.41. The number of hydrogen-bond donors (Lipinski definition) is 2. The van der Waals surface area contributed by atoms with E-state index in [1.54, 1.807) is 6.92 Å². The van der Waals surface area contributed by atoms with Gasteiger partial charge in [-0.2, -0.15) is 0 Å². The highest BCUT2D eigenvalue weighted by Crippen LogP contribution is 2.36. The zero-order valence-electron chi connectivity index (χ0n) is 19.9. The summed E-state index contributed by atoms with van der Waals surface area (Å²) in [4.78, 5) is 29.8. The van der Waals surface area contributed by atoms with Crippen LogP contribution in [0.1, 0.15) is 18.1 Å². The molecule has 0 saturated carbocycles. The van der Waals surface area contributed by atoms with Gasteiger partial charge in [-0.15, -0.1) is 0 Å². The topological polar surface area (TPSA) is 84.2 Å². The standard InChI is InChI=1S/C28H27N3O3S/c1-18-11-10-12-19(2)24(18)30-23(32)17-29-27(33)20(3)35-28-31-25(21-13-6-4-7-14-21)26(34-28)22-15-8-5-9-16-22/h4-16,20H,17H2,1-3H3,(H,29,33)(H,30,32). The Balaban J connectivity index is 1.43. The monoisotopic (exact) mass is 485 g/mol. The molecule has 0 spiro atoms. The van der Waals surface area contributed by atoms with Crippen LogP contribution in [0.4, 0.5) is 5.69 Å². The van der Waals surface area contributed by atoms with Gasteiger partial charge in [0.1, 0.15) is 5.69 Å². The minimum Gasteiger partial charge on any atom is -0.431 e. The largest absolute Gasteiger partial charge is 0.431 e. The van der Waals surface area contributed by atoms with Crippen molar-refractivity contribution in [3.8, 4) is 22.6 Å². The van der Waals surface area contributed by atoms with E-state index >= 15 is 0 Å². The number of aryl methyl sites for hydroxylation is 2. The molecule has 2 amide bonds. The summed E-state index contributed by atoms with van der Waals surface area (Å²) in [5.74, 6) is 0.106. The van der Waals surface area contributed by atoms with E-state index in [9.17, 15) is 9.59 Å². The number of carbonyl (C=O) groups is 2. The molecular formula is C28H27N3O3S. The van der Waals surface area contributed by atoms with E-state index in [1.807, 2.05) is 92.7 Å². The summed E-state index contributed by atoms with van der Waals surface area (Å²) in [7, 11) is 0. The summed E-state index contributed by atoms with van der Waals surface area (Å²) >= 11 is 1.22. The smallest absolute Gasteiger partial charge is 0.257 e. The SMILES string of the molecule is Cc1cccc(C)c1NC(=O)CNC(=O)C(C)Sc1nc(-c2ccccc2)c(-c2ccccc2)o1. The molecule has 0 aliphatic heterocycles. The van der Waals surface area contributed by atoms with Crippen LogP contribution in [0.5, 0.6) is 0 Å². The van der Waals surface area contributed by atoms with E-state index < -0.39 is 5.25 Å². The first-order valence-corrected chi connectivity index (χ1v) is 12.2. The predicted molar refractivity (Wildman–Crippen MR) is 140 cm³/mol. The van der Waals surface area contributed by atoms with E-state index in [-0.39, 0.29) is 18.4 Å². The molecule has 1 aromatic heterocycles. The van der Waals surface area contributed by atoms with Gasteiger partial charge >= 0.3 is 0 Å². The number of benzene rings is 3. The highest BCUT2D eigenvalue weighted by molar-refractivity contribution is 8.00. The van der Waals surface area contributed by atoms with Crippen LogP contribution in [0.2, 0.25) is 0 Å². The summed E-state index contributed by atoms with van der Waals surface area (Å²) in [6, 6.07) is 25.4. The molecule has 1 heterocycles. The summed E-state index contributed by atoms with van der Waals surface area (Å²) in [5, 5.41) is 5.47. The number of nitrogens with one attached hydrogen (secondary N) is 2. The molecule has 0 radical (unpaired) electrons. The molecule has 7 heteroatoms. The Hall–Kier alpha value is -3.84. The van der Waals surface area contributed by atoms with Crippen LogP contribution in [-0.4, -0.2) is 28.6 Å². The third-order valence-electron chi connectivity index (χ3n) is 5.51. The van der Waals surface area contributed by atoms with Gasteiger partial charge in [0.15, 0.2) is 5.76 Å². The molecule has 6 nitrogen and oxygen atoms in total. The fraction of sp³-hybridized carbons (Fsp3) is 0.179. The van der Waals surface area contributed by atoms with Crippen molar-refractivity contribution in [2.24, 2.45) is 0 Å². The molecule has 1 atom stereocenters. The maximum Gasteiger partial charge on any atom is 0.257 e. The molecule has 1 unspecified atom stereocenters. The van der Waals surface area contributed by atoms with Crippen LogP contribution in [-0.2, 0) is 9.59 Å². The van der Waals surface area contributed by atoms with Gasteiger partial charge in [-0.3, -0.25) is 9.59 Å². The first-order valence-electron chi connectivity index (χ1n) is 11.3. The second kappa shape index (κ2) is 11.1. The predicted octanol–water partition coefficient (Wildman–Crippen LogP) is 5.86. The average molecular weight is 486 g/mol. The lowest BCUT2D eigenvalue weighted by Gasteiger charge is -2.13. The molecule has 0 aliphatic carbocycles. The van der Waals surface area contributed by atoms with Crippen LogP contribution < -0.4 is 10.6 Å². The third kappa shape index (κ3) is 6.00. The van der Waals surface area contributed by atoms with Crippen molar-refractivity contribution in [2.75, 3.05) is 11.9 Å². The zero-order valence-corrected chi connectivity index (χ0v) is 20.7. The van der Waals surface area contributed by atoms with E-state index in [0.717, 1.165) is 33.6 Å². The molecule has 3 aromatic carbocycles. The molecule has 35 heavy (non-hydrogen) atoms. The van der Waals surface area contributed by atoms with Crippen molar-refractivity contribution in [2.45, 2.75) is 31.2 Å². The second-order valence-electron chi connectivity index (χ2n) is 8.18. The molecule has 2 N–H and O–H groups in total. The summed E-state index contributed by atoms with van der Waals surface area (Å²) in [6.07, 6.45) is 0. The molecule has 0 fully saturated rings. The molecule has 0 bridgehead atoms. The number of aromatic nitrogens is 1. The van der Waals surface area contributed by atoms with Crippen molar-refractivity contribution >= 4 is 29.3 Å². The lowest BCUT2D eigenvalue weighted by Crippen LogP contribution is -2.37. The lowest BCUT2D eigenvalue weighted by molar-refractivity contribution is -0.123. The van der Waals surface area contributed by atoms with Crippen molar-refractivity contribution < 1.29 is 14.0 Å². The van der Waals surface area contributed by atoms with Gasteiger partial charge in [0.2, 0.25) is 11.8 Å². The highest BCUT2D eigenvalue weighted by Gasteiger charge is 2.22. The number of nitrogens with zero attached hydrogens (tertiary/aromatic N) is 1. The number of para-hydroxylation sites is 1. The Morgan fingerprint density at radius 1 is 0.886 bits per heavy atom. The molecule has 178 valence electrons. The van der Waals surface area contributed by atoms with E-state index in [4.69, 9.17) is 4.42 Å². The average Bonchev–Trinajstić information content (AvgIpc) is 3.29. The van der Waals surface area contributed by atoms with Crippen molar-refractivity contribution in [1.29, 1.82) is 0 Å². The summed E-state index contributed by atoms with van der Waals surface area (Å²) in [6.45, 7) is 5.51. The van der Waals surface area contributed by atoms with Crippen LogP contribution in [0.15, 0.2) is 88.5 Å². The van der Waals surface area contributed by atoms with Crippen molar-refractivity contribution in [3.63, 3.8) is 0 Å². The van der Waals surface area contributed by atoms with Gasteiger partial charge < -0.3 is 15.1 Å². The van der Waals surface area contributed by atoms with E-state index in [1.165, 1.54) is 11.8 Å². The number of rotatable bonds is 8. The molecule has 4 aromatic rings. The zero-order chi connectivity index (χ0) is 24.8. The third-order valence-corrected chi connectivity index (χ3v) is 6.45. The maximum atomic E-state index is 12.7. The number of hydrogen-bond acceptors (Lipinski definition) is 5. The Bertz CT molecular complexity index is 1240. The van der Waals surface area contributed by atoms with Crippen LogP contribution in [0.3, 0.4) is 0 Å². The molecule has 4 rings (SSSR count).